The molecule has 0 aliphatic heterocycles. The predicted octanol–water partition coefficient (Wildman–Crippen LogP) is 3.66. The lowest BCUT2D eigenvalue weighted by Crippen LogP contribution is -2.36. The highest BCUT2D eigenvalue weighted by atomic mass is 15.0. The van der Waals surface area contributed by atoms with Crippen LogP contribution in [0.2, 0.25) is 0 Å². The van der Waals surface area contributed by atoms with Crippen LogP contribution in [0.3, 0.4) is 0 Å². The average molecular weight is 414 g/mol. The van der Waals surface area contributed by atoms with Gasteiger partial charge in [0.05, 0.1) is 0 Å². The number of hydrogen-bond donors (Lipinski definition) is 5. The summed E-state index contributed by atoms with van der Waals surface area (Å²) < 4.78 is 0. The fourth-order valence-electron chi connectivity index (χ4n) is 3.39. The first-order chi connectivity index (χ1) is 14.4. The van der Waals surface area contributed by atoms with E-state index >= 15 is 0 Å². The van der Waals surface area contributed by atoms with Crippen LogP contribution >= 0.6 is 0 Å². The first-order valence-electron chi connectivity index (χ1n) is 12.9. The van der Waals surface area contributed by atoms with Gasteiger partial charge in [-0.2, -0.15) is 0 Å². The van der Waals surface area contributed by atoms with Crippen LogP contribution in [-0.4, -0.2) is 65.4 Å². The molecule has 0 saturated carbocycles. The summed E-state index contributed by atoms with van der Waals surface area (Å²) in [5.41, 5.74) is 0. The molecule has 0 aromatic heterocycles. The molecule has 0 fully saturated rings. The minimum Gasteiger partial charge on any atom is -0.315 e. The summed E-state index contributed by atoms with van der Waals surface area (Å²) in [5, 5.41) is 17.5. The van der Waals surface area contributed by atoms with Crippen molar-refractivity contribution in [2.75, 3.05) is 65.4 Å². The summed E-state index contributed by atoms with van der Waals surface area (Å²) >= 11 is 0. The van der Waals surface area contributed by atoms with Gasteiger partial charge in [-0.25, -0.2) is 0 Å². The van der Waals surface area contributed by atoms with Gasteiger partial charge >= 0.3 is 0 Å². The Labute approximate surface area is 183 Å². The molecule has 0 spiro atoms. The molecule has 0 atom stereocenters. The van der Waals surface area contributed by atoms with Crippen LogP contribution in [0.15, 0.2) is 0 Å². The van der Waals surface area contributed by atoms with Crippen LogP contribution < -0.4 is 26.6 Å². The summed E-state index contributed by atoms with van der Waals surface area (Å²) in [6.45, 7) is 15.4. The van der Waals surface area contributed by atoms with Gasteiger partial charge in [-0.3, -0.25) is 0 Å². The highest BCUT2D eigenvalue weighted by Gasteiger charge is 1.93. The van der Waals surface area contributed by atoms with Crippen LogP contribution in [0, 0.1) is 0 Å². The maximum Gasteiger partial charge on any atom is 0.00772 e. The minimum absolute atomic E-state index is 1.05. The quantitative estimate of drug-likeness (QED) is 0.140. The molecule has 0 unspecified atom stereocenters. The highest BCUT2D eigenvalue weighted by Crippen LogP contribution is 2.04. The van der Waals surface area contributed by atoms with Crippen molar-refractivity contribution >= 4 is 0 Å². The maximum atomic E-state index is 3.53. The Kier molecular flexibility index (Phi) is 27.6. The third kappa shape index (κ3) is 27.8. The lowest BCUT2D eigenvalue weighted by atomic mass is 10.1. The van der Waals surface area contributed by atoms with E-state index in [9.17, 15) is 0 Å². The molecule has 29 heavy (non-hydrogen) atoms. The summed E-state index contributed by atoms with van der Waals surface area (Å²) in [6, 6.07) is 0. The topological polar surface area (TPSA) is 60.1 Å². The van der Waals surface area contributed by atoms with Gasteiger partial charge in [-0.15, -0.1) is 0 Å². The molecule has 5 nitrogen and oxygen atoms in total. The lowest BCUT2D eigenvalue weighted by Gasteiger charge is -2.09. The first-order valence-corrected chi connectivity index (χ1v) is 12.9. The molecule has 0 aromatic rings. The molecular weight excluding hydrogens is 358 g/mol. The zero-order valence-corrected chi connectivity index (χ0v) is 20.1. The Morgan fingerprint density at radius 1 is 0.276 bits per heavy atom. The predicted molar refractivity (Wildman–Crippen MR) is 131 cm³/mol. The molecule has 0 aliphatic carbocycles. The van der Waals surface area contributed by atoms with Gasteiger partial charge in [0.2, 0.25) is 0 Å². The van der Waals surface area contributed by atoms with Crippen molar-refractivity contribution in [1.82, 2.24) is 26.6 Å². The second kappa shape index (κ2) is 27.8. The van der Waals surface area contributed by atoms with Gasteiger partial charge in [-0.05, 0) is 25.9 Å². The summed E-state index contributed by atoms with van der Waals surface area (Å²) in [4.78, 5) is 0. The van der Waals surface area contributed by atoms with Crippen molar-refractivity contribution in [3.63, 3.8) is 0 Å². The van der Waals surface area contributed by atoms with Gasteiger partial charge < -0.3 is 26.6 Å². The highest BCUT2D eigenvalue weighted by molar-refractivity contribution is 4.58. The molecule has 0 radical (unpaired) electrons. The number of rotatable bonds is 26. The van der Waals surface area contributed by atoms with Crippen molar-refractivity contribution in [1.29, 1.82) is 0 Å². The monoisotopic (exact) mass is 413 g/mol. The normalized spacial score (nSPS) is 11.4. The van der Waals surface area contributed by atoms with Crippen molar-refractivity contribution in [2.45, 2.75) is 90.9 Å². The van der Waals surface area contributed by atoms with E-state index in [4.69, 9.17) is 0 Å². The molecule has 5 N–H and O–H groups in total. The number of unbranched alkanes of at least 4 members (excludes halogenated alkanes) is 10. The minimum atomic E-state index is 1.05. The van der Waals surface area contributed by atoms with Crippen molar-refractivity contribution < 1.29 is 0 Å². The molecule has 0 rings (SSSR count). The third-order valence-electron chi connectivity index (χ3n) is 5.33. The van der Waals surface area contributed by atoms with Gasteiger partial charge in [0.1, 0.15) is 0 Å². The van der Waals surface area contributed by atoms with E-state index in [1.54, 1.807) is 0 Å². The molecule has 5 heteroatoms. The Bertz CT molecular complexity index is 250. The van der Waals surface area contributed by atoms with Crippen LogP contribution in [0.4, 0.5) is 0 Å². The van der Waals surface area contributed by atoms with Gasteiger partial charge in [0, 0.05) is 52.4 Å². The van der Waals surface area contributed by atoms with E-state index in [2.05, 4.69) is 40.4 Å². The van der Waals surface area contributed by atoms with E-state index in [1.807, 2.05) is 0 Å². The Hall–Kier alpha value is -0.200. The van der Waals surface area contributed by atoms with E-state index < -0.39 is 0 Å². The number of hydrogen-bond acceptors (Lipinski definition) is 5. The van der Waals surface area contributed by atoms with Crippen LogP contribution in [0.5, 0.6) is 0 Å². The van der Waals surface area contributed by atoms with Crippen LogP contribution in [0.1, 0.15) is 90.9 Å². The van der Waals surface area contributed by atoms with E-state index in [1.165, 1.54) is 90.1 Å². The smallest absolute Gasteiger partial charge is 0.00772 e. The van der Waals surface area contributed by atoms with Crippen LogP contribution in [-0.2, 0) is 0 Å². The first kappa shape index (κ1) is 28.8. The second-order valence-electron chi connectivity index (χ2n) is 8.29. The van der Waals surface area contributed by atoms with E-state index in [-0.39, 0.29) is 0 Å². The zero-order chi connectivity index (χ0) is 21.1. The molecular formula is C24H55N5. The number of nitrogens with one attached hydrogen (secondary N) is 5. The van der Waals surface area contributed by atoms with Gasteiger partial charge in [0.15, 0.2) is 0 Å². The molecule has 176 valence electrons. The van der Waals surface area contributed by atoms with Gasteiger partial charge in [0.25, 0.3) is 0 Å². The fraction of sp³-hybridized carbons (Fsp3) is 1.00. The molecule has 0 heterocycles. The van der Waals surface area contributed by atoms with E-state index in [0.717, 1.165) is 52.4 Å². The molecule has 0 aromatic carbocycles. The SMILES string of the molecule is CCCCCCCCNCCNCCNCCNCCNCCCCCCCC. The molecule has 0 bridgehead atoms. The van der Waals surface area contributed by atoms with Crippen molar-refractivity contribution in [3.8, 4) is 0 Å². The van der Waals surface area contributed by atoms with Crippen molar-refractivity contribution in [3.05, 3.63) is 0 Å². The zero-order valence-electron chi connectivity index (χ0n) is 20.1. The Morgan fingerprint density at radius 2 is 0.517 bits per heavy atom. The maximum absolute atomic E-state index is 3.53. The fourth-order valence-corrected chi connectivity index (χ4v) is 3.39. The van der Waals surface area contributed by atoms with Crippen molar-refractivity contribution in [2.24, 2.45) is 0 Å². The molecule has 0 aliphatic rings. The lowest BCUT2D eigenvalue weighted by molar-refractivity contribution is 0.538. The standard InChI is InChI=1S/C24H55N5/c1-3-5-7-9-11-13-15-25-17-19-27-21-23-29-24-22-28-20-18-26-16-14-12-10-8-6-4-2/h25-29H,3-24H2,1-2H3. The van der Waals surface area contributed by atoms with Gasteiger partial charge in [-0.1, -0.05) is 78.1 Å². The average Bonchev–Trinajstić information content (AvgIpc) is 2.74. The summed E-state index contributed by atoms with van der Waals surface area (Å²) in [5.74, 6) is 0. The second-order valence-corrected chi connectivity index (χ2v) is 8.29. The summed E-state index contributed by atoms with van der Waals surface area (Å²) in [6.07, 6.45) is 16.5. The third-order valence-corrected chi connectivity index (χ3v) is 5.33. The summed E-state index contributed by atoms with van der Waals surface area (Å²) in [7, 11) is 0. The molecule has 0 amide bonds. The Morgan fingerprint density at radius 3 is 0.828 bits per heavy atom. The van der Waals surface area contributed by atoms with Crippen LogP contribution in [0.25, 0.3) is 0 Å². The van der Waals surface area contributed by atoms with E-state index in [0.29, 0.717) is 0 Å². The Balaban J connectivity index is 2.97. The largest absolute Gasteiger partial charge is 0.315 e. The molecule has 0 saturated heterocycles.